The highest BCUT2D eigenvalue weighted by Gasteiger charge is 2.15. The average Bonchev–Trinajstić information content (AvgIpc) is 2.14. The Morgan fingerprint density at radius 3 is 2.40 bits per heavy atom. The minimum absolute atomic E-state index is 0.647. The van der Waals surface area contributed by atoms with Crippen LogP contribution in [0.1, 0.15) is 25.0 Å². The number of aliphatic hydroxyl groups is 1. The highest BCUT2D eigenvalue weighted by molar-refractivity contribution is 5.28. The molecule has 0 aliphatic carbocycles. The van der Waals surface area contributed by atoms with Crippen molar-refractivity contribution < 1.29 is 9.94 Å². The van der Waals surface area contributed by atoms with Crippen LogP contribution in [0.15, 0.2) is 24.3 Å². The van der Waals surface area contributed by atoms with Crippen molar-refractivity contribution in [1.29, 1.82) is 0 Å². The second-order valence-corrected chi connectivity index (χ2v) is 4.28. The van der Waals surface area contributed by atoms with Crippen LogP contribution in [-0.4, -0.2) is 17.8 Å². The molecular formula is C12H19NO2. The Labute approximate surface area is 91.0 Å². The van der Waals surface area contributed by atoms with Crippen LogP contribution >= 0.6 is 0 Å². The highest BCUT2D eigenvalue weighted by Crippen LogP contribution is 2.16. The van der Waals surface area contributed by atoms with Crippen LogP contribution in [0.25, 0.3) is 0 Å². The van der Waals surface area contributed by atoms with E-state index >= 15 is 0 Å². The van der Waals surface area contributed by atoms with Crippen LogP contribution < -0.4 is 5.48 Å². The summed E-state index contributed by atoms with van der Waals surface area (Å²) in [4.78, 5) is 4.82. The van der Waals surface area contributed by atoms with Gasteiger partial charge in [-0.15, -0.1) is 0 Å². The van der Waals surface area contributed by atoms with Crippen LogP contribution in [-0.2, 0) is 17.8 Å². The minimum Gasteiger partial charge on any atom is -0.390 e. The smallest absolute Gasteiger partial charge is 0.0632 e. The molecule has 1 aromatic carbocycles. The first-order valence-electron chi connectivity index (χ1n) is 5.08. The lowest BCUT2D eigenvalue weighted by molar-refractivity contribution is 0.0776. The molecule has 0 aliphatic heterocycles. The van der Waals surface area contributed by atoms with E-state index < -0.39 is 5.60 Å². The number of benzene rings is 1. The van der Waals surface area contributed by atoms with Crippen LogP contribution in [0.3, 0.4) is 0 Å². The van der Waals surface area contributed by atoms with Crippen molar-refractivity contribution in [2.75, 3.05) is 7.11 Å². The molecule has 0 unspecified atom stereocenters. The van der Waals surface area contributed by atoms with Crippen molar-refractivity contribution >= 4 is 0 Å². The molecule has 0 amide bonds. The Balaban J connectivity index is 2.77. The summed E-state index contributed by atoms with van der Waals surface area (Å²) in [7, 11) is 1.60. The summed E-state index contributed by atoms with van der Waals surface area (Å²) in [5.74, 6) is 0. The third-order valence-electron chi connectivity index (χ3n) is 2.15. The van der Waals surface area contributed by atoms with Crippen molar-refractivity contribution in [1.82, 2.24) is 5.48 Å². The molecule has 0 saturated heterocycles. The molecule has 0 bridgehead atoms. The van der Waals surface area contributed by atoms with Gasteiger partial charge in [0, 0.05) is 13.0 Å². The first-order valence-corrected chi connectivity index (χ1v) is 5.08. The quantitative estimate of drug-likeness (QED) is 0.724. The molecule has 0 saturated carbocycles. The fourth-order valence-electron chi connectivity index (χ4n) is 1.52. The summed E-state index contributed by atoms with van der Waals surface area (Å²) in [6.45, 7) is 4.28. The van der Waals surface area contributed by atoms with E-state index in [1.54, 1.807) is 7.11 Å². The van der Waals surface area contributed by atoms with Crippen LogP contribution in [0.4, 0.5) is 0 Å². The zero-order valence-electron chi connectivity index (χ0n) is 9.58. The van der Waals surface area contributed by atoms with E-state index in [4.69, 9.17) is 4.84 Å². The highest BCUT2D eigenvalue weighted by atomic mass is 16.6. The number of hydrogen-bond acceptors (Lipinski definition) is 3. The third kappa shape index (κ3) is 4.42. The Morgan fingerprint density at radius 2 is 1.87 bits per heavy atom. The maximum atomic E-state index is 9.77. The average molecular weight is 209 g/mol. The summed E-state index contributed by atoms with van der Waals surface area (Å²) in [5, 5.41) is 9.77. The zero-order chi connectivity index (χ0) is 11.3. The van der Waals surface area contributed by atoms with Gasteiger partial charge in [0.15, 0.2) is 0 Å². The first kappa shape index (κ1) is 12.2. The molecular weight excluding hydrogens is 190 g/mol. The van der Waals surface area contributed by atoms with Crippen molar-refractivity contribution in [2.24, 2.45) is 0 Å². The SMILES string of the molecule is CONCc1ccccc1CC(C)(C)O. The van der Waals surface area contributed by atoms with Crippen LogP contribution in [0.2, 0.25) is 0 Å². The first-order chi connectivity index (χ1) is 7.03. The number of nitrogens with one attached hydrogen (secondary N) is 1. The molecule has 0 aliphatic rings. The predicted octanol–water partition coefficient (Wildman–Crippen LogP) is 1.65. The van der Waals surface area contributed by atoms with Gasteiger partial charge < -0.3 is 9.94 Å². The van der Waals surface area contributed by atoms with Crippen molar-refractivity contribution in [3.8, 4) is 0 Å². The molecule has 2 N–H and O–H groups in total. The second kappa shape index (κ2) is 5.26. The normalized spacial score (nSPS) is 11.7. The Morgan fingerprint density at radius 1 is 1.27 bits per heavy atom. The van der Waals surface area contributed by atoms with Gasteiger partial charge in [-0.05, 0) is 25.0 Å². The molecule has 0 radical (unpaired) electrons. The predicted molar refractivity (Wildman–Crippen MR) is 60.3 cm³/mol. The maximum absolute atomic E-state index is 9.77. The molecule has 0 atom stereocenters. The molecule has 15 heavy (non-hydrogen) atoms. The van der Waals surface area contributed by atoms with Gasteiger partial charge in [0.25, 0.3) is 0 Å². The molecule has 3 nitrogen and oxygen atoms in total. The van der Waals surface area contributed by atoms with Gasteiger partial charge in [-0.1, -0.05) is 24.3 Å². The maximum Gasteiger partial charge on any atom is 0.0632 e. The number of hydroxylamine groups is 1. The molecule has 0 heterocycles. The van der Waals surface area contributed by atoms with Crippen LogP contribution in [0.5, 0.6) is 0 Å². The molecule has 0 spiro atoms. The third-order valence-corrected chi connectivity index (χ3v) is 2.15. The lowest BCUT2D eigenvalue weighted by Gasteiger charge is -2.19. The van der Waals surface area contributed by atoms with Crippen molar-refractivity contribution in [3.63, 3.8) is 0 Å². The van der Waals surface area contributed by atoms with Gasteiger partial charge in [0.1, 0.15) is 0 Å². The fourth-order valence-corrected chi connectivity index (χ4v) is 1.52. The van der Waals surface area contributed by atoms with Gasteiger partial charge in [-0.3, -0.25) is 0 Å². The van der Waals surface area contributed by atoms with Gasteiger partial charge in [0.2, 0.25) is 0 Å². The Bertz CT molecular complexity index is 305. The van der Waals surface area contributed by atoms with Crippen LogP contribution in [0, 0.1) is 0 Å². The molecule has 84 valence electrons. The summed E-state index contributed by atoms with van der Waals surface area (Å²) in [6, 6.07) is 8.04. The second-order valence-electron chi connectivity index (χ2n) is 4.28. The van der Waals surface area contributed by atoms with Gasteiger partial charge in [0.05, 0.1) is 12.7 Å². The molecule has 0 aromatic heterocycles. The summed E-state index contributed by atoms with van der Waals surface area (Å²) >= 11 is 0. The molecule has 0 fully saturated rings. The van der Waals surface area contributed by atoms with E-state index in [2.05, 4.69) is 5.48 Å². The molecule has 1 rings (SSSR count). The summed E-state index contributed by atoms with van der Waals surface area (Å²) in [6.07, 6.45) is 0.647. The van der Waals surface area contributed by atoms with Crippen molar-refractivity contribution in [2.45, 2.75) is 32.4 Å². The summed E-state index contributed by atoms with van der Waals surface area (Å²) in [5.41, 5.74) is 4.43. The van der Waals surface area contributed by atoms with E-state index in [1.165, 1.54) is 0 Å². The Kier molecular flexibility index (Phi) is 4.27. The summed E-state index contributed by atoms with van der Waals surface area (Å²) < 4.78 is 0. The van der Waals surface area contributed by atoms with E-state index in [9.17, 15) is 5.11 Å². The van der Waals surface area contributed by atoms with E-state index in [0.717, 1.165) is 11.1 Å². The standard InChI is InChI=1S/C12H19NO2/c1-12(2,14)8-10-6-4-5-7-11(10)9-13-15-3/h4-7,13-14H,8-9H2,1-3H3. The van der Waals surface area contributed by atoms with E-state index in [1.807, 2.05) is 38.1 Å². The van der Waals surface area contributed by atoms with Crippen molar-refractivity contribution in [3.05, 3.63) is 35.4 Å². The largest absolute Gasteiger partial charge is 0.390 e. The van der Waals surface area contributed by atoms with Gasteiger partial charge >= 0.3 is 0 Å². The van der Waals surface area contributed by atoms with E-state index in [-0.39, 0.29) is 0 Å². The fraction of sp³-hybridized carbons (Fsp3) is 0.500. The Hall–Kier alpha value is -0.900. The molecule has 1 aromatic rings. The van der Waals surface area contributed by atoms with Gasteiger partial charge in [-0.25, -0.2) is 0 Å². The lowest BCUT2D eigenvalue weighted by Crippen LogP contribution is -2.23. The number of rotatable bonds is 5. The zero-order valence-corrected chi connectivity index (χ0v) is 9.58. The monoisotopic (exact) mass is 209 g/mol. The van der Waals surface area contributed by atoms with Gasteiger partial charge in [-0.2, -0.15) is 5.48 Å². The minimum atomic E-state index is -0.677. The number of hydrogen-bond donors (Lipinski definition) is 2. The topological polar surface area (TPSA) is 41.5 Å². The molecule has 3 heteroatoms. The van der Waals surface area contributed by atoms with E-state index in [0.29, 0.717) is 13.0 Å². The lowest BCUT2D eigenvalue weighted by atomic mass is 9.95.